The summed E-state index contributed by atoms with van der Waals surface area (Å²) in [6.45, 7) is 11.1. The zero-order valence-corrected chi connectivity index (χ0v) is 21.9. The van der Waals surface area contributed by atoms with Crippen molar-refractivity contribution in [3.05, 3.63) is 53.5 Å². The summed E-state index contributed by atoms with van der Waals surface area (Å²) < 4.78 is 19.9. The third kappa shape index (κ3) is 6.11. The predicted molar refractivity (Wildman–Crippen MR) is 143 cm³/mol. The molecular weight excluding hydrogens is 441 g/mol. The molecule has 1 aliphatic carbocycles. The number of carbonyl (C=O) groups excluding carboxylic acids is 1. The molecule has 6 heteroatoms. The number of likely N-dealkylation sites (N-methyl/N-ethyl adjacent to an activating group) is 1. The molecule has 0 atom stereocenters. The van der Waals surface area contributed by atoms with Crippen LogP contribution in [-0.4, -0.2) is 67.4 Å². The van der Waals surface area contributed by atoms with E-state index in [1.165, 1.54) is 45.4 Å². The molecule has 5 rings (SSSR count). The molecule has 5 nitrogen and oxygen atoms in total. The van der Waals surface area contributed by atoms with Crippen molar-refractivity contribution in [2.75, 3.05) is 40.3 Å². The minimum absolute atomic E-state index is 0.302. The van der Waals surface area contributed by atoms with E-state index in [1.54, 1.807) is 13.2 Å². The van der Waals surface area contributed by atoms with E-state index in [2.05, 4.69) is 21.8 Å². The number of methoxy groups -OCH3 is 1. The van der Waals surface area contributed by atoms with Gasteiger partial charge in [0.1, 0.15) is 11.6 Å². The molecule has 3 aromatic rings. The van der Waals surface area contributed by atoms with Crippen LogP contribution in [0.5, 0.6) is 5.75 Å². The van der Waals surface area contributed by atoms with Gasteiger partial charge in [-0.05, 0) is 55.6 Å². The zero-order valence-electron chi connectivity index (χ0n) is 21.9. The minimum Gasteiger partial charge on any atom is -0.496 e. The second-order valence-corrected chi connectivity index (χ2v) is 9.01. The van der Waals surface area contributed by atoms with E-state index in [0.717, 1.165) is 17.2 Å². The molecule has 2 aromatic carbocycles. The lowest BCUT2D eigenvalue weighted by Gasteiger charge is -2.42. The highest BCUT2D eigenvalue weighted by Crippen LogP contribution is 2.37. The number of carbonyl (C=O) groups is 1. The summed E-state index contributed by atoms with van der Waals surface area (Å²) in [5, 5.41) is 0.682. The number of fused-ring (bicyclic) bond motifs is 1. The molecule has 1 N–H and O–H groups in total. The van der Waals surface area contributed by atoms with Gasteiger partial charge in [-0.1, -0.05) is 45.4 Å². The monoisotopic (exact) mass is 481 g/mol. The fourth-order valence-corrected chi connectivity index (χ4v) is 4.69. The van der Waals surface area contributed by atoms with Gasteiger partial charge in [0.2, 0.25) is 0 Å². The Morgan fingerprint density at radius 3 is 2.34 bits per heavy atom. The Hall–Kier alpha value is -2.70. The lowest BCUT2D eigenvalue weighted by atomic mass is 9.91. The Morgan fingerprint density at radius 1 is 1.09 bits per heavy atom. The molecule has 190 valence electrons. The molecule has 1 aromatic heterocycles. The number of para-hydroxylation sites is 1. The summed E-state index contributed by atoms with van der Waals surface area (Å²) in [6, 6.07) is 12.1. The van der Waals surface area contributed by atoms with Crippen LogP contribution in [0.1, 0.15) is 56.1 Å². The Kier molecular flexibility index (Phi) is 9.87. The van der Waals surface area contributed by atoms with Crippen LogP contribution in [0.4, 0.5) is 4.39 Å². The molecule has 1 saturated heterocycles. The van der Waals surface area contributed by atoms with Crippen molar-refractivity contribution in [3.8, 4) is 16.9 Å². The topological polar surface area (TPSA) is 48.6 Å². The lowest BCUT2D eigenvalue weighted by Crippen LogP contribution is -2.51. The quantitative estimate of drug-likeness (QED) is 0.443. The summed E-state index contributed by atoms with van der Waals surface area (Å²) in [4.78, 5) is 19.0. The average molecular weight is 482 g/mol. The number of aryl methyl sites for hydroxylation is 1. The van der Waals surface area contributed by atoms with Crippen molar-refractivity contribution in [3.63, 3.8) is 0 Å². The molecule has 0 spiro atoms. The van der Waals surface area contributed by atoms with Gasteiger partial charge < -0.3 is 14.6 Å². The number of piperazine rings is 1. The van der Waals surface area contributed by atoms with E-state index >= 15 is 0 Å². The molecule has 0 amide bonds. The molecule has 0 unspecified atom stereocenters. The number of ether oxygens (including phenoxy) is 1. The van der Waals surface area contributed by atoms with Gasteiger partial charge in [-0.2, -0.15) is 0 Å². The molecule has 0 bridgehead atoms. The predicted octanol–water partition coefficient (Wildman–Crippen LogP) is 6.17. The van der Waals surface area contributed by atoms with Crippen molar-refractivity contribution in [2.45, 2.75) is 52.5 Å². The third-order valence-electron chi connectivity index (χ3n) is 6.98. The number of H-pyrrole nitrogens is 1. The molecule has 2 fully saturated rings. The number of rotatable bonds is 5. The first-order valence-corrected chi connectivity index (χ1v) is 12.9. The Morgan fingerprint density at radius 2 is 1.77 bits per heavy atom. The van der Waals surface area contributed by atoms with E-state index in [-0.39, 0.29) is 5.82 Å². The third-order valence-corrected chi connectivity index (χ3v) is 6.98. The van der Waals surface area contributed by atoms with Crippen LogP contribution in [0.2, 0.25) is 0 Å². The van der Waals surface area contributed by atoms with Gasteiger partial charge in [0, 0.05) is 43.2 Å². The minimum atomic E-state index is -0.302. The fourth-order valence-electron chi connectivity index (χ4n) is 4.69. The molecule has 0 radical (unpaired) electrons. The highest BCUT2D eigenvalue weighted by Gasteiger charge is 2.26. The van der Waals surface area contributed by atoms with Crippen LogP contribution in [-0.2, 0) is 6.42 Å². The molecule has 35 heavy (non-hydrogen) atoms. The molecular formula is C29H40FN3O2. The van der Waals surface area contributed by atoms with Crippen LogP contribution in [0.25, 0.3) is 22.0 Å². The molecule has 1 saturated carbocycles. The standard InChI is InChI=1S/C18H16FNO2.C9H18N2.C2H6/c1-3-11-8-14(13-6-4-5-7-16(13)22-2)15-9-12(10-21)20-18(15)17(11)19;1-10-5-7-11(8-6-10)9-3-2-4-9;1-2/h4-10,20H,3H2,1-2H3;9H,2-8H2,1H3;1-2H3. The maximum atomic E-state index is 14.5. The van der Waals surface area contributed by atoms with Gasteiger partial charge in [0.25, 0.3) is 0 Å². The van der Waals surface area contributed by atoms with E-state index in [4.69, 9.17) is 4.74 Å². The van der Waals surface area contributed by atoms with Crippen LogP contribution < -0.4 is 4.74 Å². The second-order valence-electron chi connectivity index (χ2n) is 9.01. The number of aromatic nitrogens is 1. The van der Waals surface area contributed by atoms with Gasteiger partial charge in [0.05, 0.1) is 18.3 Å². The molecule has 2 aliphatic rings. The van der Waals surface area contributed by atoms with Crippen LogP contribution >= 0.6 is 0 Å². The number of aldehydes is 1. The zero-order chi connectivity index (χ0) is 25.4. The SMILES string of the molecule is CC.CCc1cc(-c2ccccc2OC)c2cc(C=O)[nH]c2c1F.CN1CCN(C2CCC2)CC1. The largest absolute Gasteiger partial charge is 0.496 e. The first kappa shape index (κ1) is 26.9. The average Bonchev–Trinajstić information content (AvgIpc) is 3.32. The van der Waals surface area contributed by atoms with Crippen molar-refractivity contribution in [1.82, 2.24) is 14.8 Å². The number of aromatic amines is 1. The molecule has 1 aliphatic heterocycles. The van der Waals surface area contributed by atoms with E-state index in [0.29, 0.717) is 40.6 Å². The van der Waals surface area contributed by atoms with Crippen molar-refractivity contribution in [2.24, 2.45) is 0 Å². The Balaban J connectivity index is 0.000000220. The smallest absolute Gasteiger partial charge is 0.166 e. The summed E-state index contributed by atoms with van der Waals surface area (Å²) in [7, 11) is 3.83. The van der Waals surface area contributed by atoms with Gasteiger partial charge in [-0.3, -0.25) is 9.69 Å². The fraction of sp³-hybridized carbons (Fsp3) is 0.483. The first-order valence-electron chi connectivity index (χ1n) is 12.9. The van der Waals surface area contributed by atoms with Crippen LogP contribution in [0, 0.1) is 5.82 Å². The normalized spacial score (nSPS) is 16.5. The number of halogens is 1. The van der Waals surface area contributed by atoms with Crippen molar-refractivity contribution < 1.29 is 13.9 Å². The van der Waals surface area contributed by atoms with Gasteiger partial charge in [-0.25, -0.2) is 4.39 Å². The number of benzene rings is 2. The highest BCUT2D eigenvalue weighted by molar-refractivity contribution is 6.00. The van der Waals surface area contributed by atoms with Gasteiger partial charge in [-0.15, -0.1) is 0 Å². The number of nitrogens with zero attached hydrogens (tertiary/aromatic N) is 2. The summed E-state index contributed by atoms with van der Waals surface area (Å²) in [6.07, 6.45) is 5.65. The number of nitrogens with one attached hydrogen (secondary N) is 1. The van der Waals surface area contributed by atoms with E-state index < -0.39 is 0 Å². The lowest BCUT2D eigenvalue weighted by molar-refractivity contribution is 0.0721. The highest BCUT2D eigenvalue weighted by atomic mass is 19.1. The summed E-state index contributed by atoms with van der Waals surface area (Å²) >= 11 is 0. The Labute approximate surface area is 209 Å². The first-order chi connectivity index (χ1) is 17.0. The van der Waals surface area contributed by atoms with Crippen LogP contribution in [0.15, 0.2) is 36.4 Å². The van der Waals surface area contributed by atoms with Gasteiger partial charge >= 0.3 is 0 Å². The van der Waals surface area contributed by atoms with Crippen molar-refractivity contribution in [1.29, 1.82) is 0 Å². The summed E-state index contributed by atoms with van der Waals surface area (Å²) in [5.74, 6) is 0.413. The summed E-state index contributed by atoms with van der Waals surface area (Å²) in [5.41, 5.74) is 3.06. The number of hydrogen-bond donors (Lipinski definition) is 1. The van der Waals surface area contributed by atoms with E-state index in [1.807, 2.05) is 51.1 Å². The van der Waals surface area contributed by atoms with Crippen LogP contribution in [0.3, 0.4) is 0 Å². The van der Waals surface area contributed by atoms with Gasteiger partial charge in [0.15, 0.2) is 6.29 Å². The van der Waals surface area contributed by atoms with E-state index in [9.17, 15) is 9.18 Å². The van der Waals surface area contributed by atoms with Crippen molar-refractivity contribution >= 4 is 17.2 Å². The number of hydrogen-bond acceptors (Lipinski definition) is 4. The second kappa shape index (κ2) is 12.8. The maximum absolute atomic E-state index is 14.5. The maximum Gasteiger partial charge on any atom is 0.166 e. The molecule has 2 heterocycles. The Bertz CT molecular complexity index is 1100.